The first-order valence-corrected chi connectivity index (χ1v) is 12.4. The van der Waals surface area contributed by atoms with E-state index in [2.05, 4.69) is 35.8 Å². The molecule has 0 saturated carbocycles. The van der Waals surface area contributed by atoms with Crippen LogP contribution in [0.1, 0.15) is 55.7 Å². The third-order valence-corrected chi connectivity index (χ3v) is 6.89. The first kappa shape index (κ1) is 22.5. The Kier molecular flexibility index (Phi) is 6.59. The van der Waals surface area contributed by atoms with Crippen LogP contribution in [0.2, 0.25) is 5.02 Å². The number of carbonyl (C=O) groups is 1. The van der Waals surface area contributed by atoms with Gasteiger partial charge in [-0.25, -0.2) is 0 Å². The maximum Gasteiger partial charge on any atom is 0.163 e. The molecule has 0 amide bonds. The molecule has 0 fully saturated rings. The predicted molar refractivity (Wildman–Crippen MR) is 139 cm³/mol. The molecule has 2 aliphatic rings. The number of para-hydroxylation sites is 3. The molecule has 5 rings (SSSR count). The molecule has 0 saturated heterocycles. The van der Waals surface area contributed by atoms with Crippen molar-refractivity contribution in [2.24, 2.45) is 0 Å². The number of allylic oxidation sites excluding steroid dienone is 1. The molecule has 0 aromatic heterocycles. The van der Waals surface area contributed by atoms with E-state index in [-0.39, 0.29) is 17.7 Å². The molecule has 0 bridgehead atoms. The highest BCUT2D eigenvalue weighted by molar-refractivity contribution is 6.30. The lowest BCUT2D eigenvalue weighted by molar-refractivity contribution is -0.116. The van der Waals surface area contributed by atoms with Crippen LogP contribution in [-0.4, -0.2) is 12.4 Å². The SMILES string of the molecule is CCCCOc1ccccc1[C@H]1Nc2ccccc2NC2=C1C(=O)C[C@H](c1ccc(Cl)cc1)C2. The number of halogens is 1. The third-order valence-electron chi connectivity index (χ3n) is 6.64. The van der Waals surface area contributed by atoms with Gasteiger partial charge < -0.3 is 15.4 Å². The summed E-state index contributed by atoms with van der Waals surface area (Å²) < 4.78 is 6.17. The summed E-state index contributed by atoms with van der Waals surface area (Å²) in [7, 11) is 0. The van der Waals surface area contributed by atoms with Crippen molar-refractivity contribution in [1.82, 2.24) is 0 Å². The van der Waals surface area contributed by atoms with Gasteiger partial charge in [-0.05, 0) is 54.7 Å². The lowest BCUT2D eigenvalue weighted by Gasteiger charge is -2.30. The van der Waals surface area contributed by atoms with E-state index in [9.17, 15) is 4.79 Å². The molecule has 0 radical (unpaired) electrons. The van der Waals surface area contributed by atoms with Gasteiger partial charge in [0.25, 0.3) is 0 Å². The van der Waals surface area contributed by atoms with Gasteiger partial charge in [0.2, 0.25) is 0 Å². The van der Waals surface area contributed by atoms with Gasteiger partial charge in [0.15, 0.2) is 5.78 Å². The van der Waals surface area contributed by atoms with Crippen LogP contribution in [0.3, 0.4) is 0 Å². The number of nitrogens with one attached hydrogen (secondary N) is 2. The molecule has 2 N–H and O–H groups in total. The molecule has 3 aromatic carbocycles. The van der Waals surface area contributed by atoms with Crippen molar-refractivity contribution in [3.8, 4) is 5.75 Å². The van der Waals surface area contributed by atoms with E-state index in [0.29, 0.717) is 18.1 Å². The van der Waals surface area contributed by atoms with Crippen LogP contribution < -0.4 is 15.4 Å². The average molecular weight is 473 g/mol. The Morgan fingerprint density at radius 1 is 0.941 bits per heavy atom. The van der Waals surface area contributed by atoms with Crippen LogP contribution in [0.15, 0.2) is 84.1 Å². The highest BCUT2D eigenvalue weighted by Crippen LogP contribution is 2.45. The molecule has 1 aliphatic carbocycles. The van der Waals surface area contributed by atoms with Gasteiger partial charge in [-0.2, -0.15) is 0 Å². The van der Waals surface area contributed by atoms with Crippen molar-refractivity contribution in [2.45, 2.75) is 44.6 Å². The van der Waals surface area contributed by atoms with Gasteiger partial charge in [-0.3, -0.25) is 4.79 Å². The Hall–Kier alpha value is -3.24. The Labute approximate surface area is 206 Å². The Balaban J connectivity index is 1.57. The van der Waals surface area contributed by atoms with Crippen LogP contribution in [0, 0.1) is 0 Å². The maximum absolute atomic E-state index is 13.7. The minimum absolute atomic E-state index is 0.109. The van der Waals surface area contributed by atoms with E-state index in [1.165, 1.54) is 0 Å². The number of unbranched alkanes of at least 4 members (excludes halogenated alkanes) is 1. The molecule has 2 atom stereocenters. The minimum Gasteiger partial charge on any atom is -0.493 e. The quantitative estimate of drug-likeness (QED) is 0.365. The molecule has 0 spiro atoms. The van der Waals surface area contributed by atoms with Gasteiger partial charge in [0, 0.05) is 28.3 Å². The second kappa shape index (κ2) is 9.94. The van der Waals surface area contributed by atoms with Crippen LogP contribution in [0.5, 0.6) is 5.75 Å². The smallest absolute Gasteiger partial charge is 0.163 e. The topological polar surface area (TPSA) is 50.4 Å². The van der Waals surface area contributed by atoms with Crippen molar-refractivity contribution >= 4 is 28.8 Å². The van der Waals surface area contributed by atoms with Gasteiger partial charge in [-0.1, -0.05) is 67.4 Å². The zero-order chi connectivity index (χ0) is 23.5. The van der Waals surface area contributed by atoms with Gasteiger partial charge in [0.1, 0.15) is 5.75 Å². The minimum atomic E-state index is -0.289. The number of benzene rings is 3. The molecule has 0 unspecified atom stereocenters. The zero-order valence-corrected chi connectivity index (χ0v) is 20.1. The number of ketones is 1. The molecule has 5 heteroatoms. The fraction of sp³-hybridized carbons (Fsp3) is 0.276. The first-order chi connectivity index (χ1) is 16.6. The number of ether oxygens (including phenoxy) is 1. The lowest BCUT2D eigenvalue weighted by Crippen LogP contribution is -2.27. The van der Waals surface area contributed by atoms with Crippen LogP contribution in [0.4, 0.5) is 11.4 Å². The van der Waals surface area contributed by atoms with Crippen LogP contribution in [-0.2, 0) is 4.79 Å². The summed E-state index contributed by atoms with van der Waals surface area (Å²) in [6.45, 7) is 2.81. The predicted octanol–water partition coefficient (Wildman–Crippen LogP) is 7.50. The number of fused-ring (bicyclic) bond motifs is 1. The van der Waals surface area contributed by atoms with Gasteiger partial charge >= 0.3 is 0 Å². The second-order valence-electron chi connectivity index (χ2n) is 8.96. The summed E-state index contributed by atoms with van der Waals surface area (Å²) in [5.41, 5.74) is 5.85. The molecule has 4 nitrogen and oxygen atoms in total. The Morgan fingerprint density at radius 2 is 1.68 bits per heavy atom. The maximum atomic E-state index is 13.7. The largest absolute Gasteiger partial charge is 0.493 e. The number of hydrogen-bond acceptors (Lipinski definition) is 4. The summed E-state index contributed by atoms with van der Waals surface area (Å²) >= 11 is 6.11. The van der Waals surface area contributed by atoms with E-state index >= 15 is 0 Å². The van der Waals surface area contributed by atoms with Crippen molar-refractivity contribution in [2.75, 3.05) is 17.2 Å². The average Bonchev–Trinajstić information content (AvgIpc) is 3.02. The fourth-order valence-electron chi connectivity index (χ4n) is 4.87. The summed E-state index contributed by atoms with van der Waals surface area (Å²) in [5.74, 6) is 1.09. The number of hydrogen-bond donors (Lipinski definition) is 2. The van der Waals surface area contributed by atoms with Crippen LogP contribution >= 0.6 is 11.6 Å². The second-order valence-corrected chi connectivity index (χ2v) is 9.40. The van der Waals surface area contributed by atoms with E-state index in [1.54, 1.807) is 0 Å². The zero-order valence-electron chi connectivity index (χ0n) is 19.3. The standard InChI is InChI=1S/C29H29ClN2O2/c1-2-3-16-34-27-11-7-4-8-22(27)29-28-25(31-23-9-5-6-10-24(23)32-29)17-20(18-26(28)33)19-12-14-21(30)15-13-19/h4-15,20,29,31-32H,2-3,16-18H2,1H3/t20-,29-/m1/s1. The highest BCUT2D eigenvalue weighted by Gasteiger charge is 2.37. The Morgan fingerprint density at radius 3 is 2.47 bits per heavy atom. The summed E-state index contributed by atoms with van der Waals surface area (Å²) in [6.07, 6.45) is 3.29. The van der Waals surface area contributed by atoms with Crippen molar-refractivity contribution in [3.63, 3.8) is 0 Å². The number of Topliss-reactive ketones (excluding diaryl/α,β-unsaturated/α-hetero) is 1. The Bertz CT molecular complexity index is 1220. The molecule has 3 aromatic rings. The molecular formula is C29H29ClN2O2. The number of anilines is 2. The van der Waals surface area contributed by atoms with Crippen molar-refractivity contribution < 1.29 is 9.53 Å². The number of carbonyl (C=O) groups excluding carboxylic acids is 1. The van der Waals surface area contributed by atoms with Gasteiger partial charge in [0.05, 0.1) is 24.0 Å². The van der Waals surface area contributed by atoms with Crippen molar-refractivity contribution in [3.05, 3.63) is 100 Å². The molecule has 34 heavy (non-hydrogen) atoms. The third kappa shape index (κ3) is 4.55. The lowest BCUT2D eigenvalue weighted by atomic mass is 9.78. The normalized spacial score (nSPS) is 19.4. The summed E-state index contributed by atoms with van der Waals surface area (Å²) in [4.78, 5) is 13.7. The highest BCUT2D eigenvalue weighted by atomic mass is 35.5. The van der Waals surface area contributed by atoms with Gasteiger partial charge in [-0.15, -0.1) is 0 Å². The number of rotatable bonds is 6. The summed E-state index contributed by atoms with van der Waals surface area (Å²) in [6, 6.07) is 23.8. The van der Waals surface area contributed by atoms with E-state index in [0.717, 1.165) is 58.8 Å². The van der Waals surface area contributed by atoms with Crippen LogP contribution in [0.25, 0.3) is 0 Å². The molecular weight excluding hydrogens is 444 g/mol. The monoisotopic (exact) mass is 472 g/mol. The fourth-order valence-corrected chi connectivity index (χ4v) is 5.00. The molecule has 1 heterocycles. The summed E-state index contributed by atoms with van der Waals surface area (Å²) in [5, 5.41) is 7.97. The first-order valence-electron chi connectivity index (χ1n) is 12.0. The van der Waals surface area contributed by atoms with Crippen molar-refractivity contribution in [1.29, 1.82) is 0 Å². The molecule has 1 aliphatic heterocycles. The van der Waals surface area contributed by atoms with E-state index < -0.39 is 0 Å². The van der Waals surface area contributed by atoms with E-state index in [4.69, 9.17) is 16.3 Å². The molecule has 174 valence electrons. The van der Waals surface area contributed by atoms with E-state index in [1.807, 2.05) is 54.6 Å².